The fourth-order valence-electron chi connectivity index (χ4n) is 4.34. The van der Waals surface area contributed by atoms with Crippen LogP contribution in [0, 0.1) is 6.92 Å². The maximum atomic E-state index is 13.1. The molecule has 0 radical (unpaired) electrons. The van der Waals surface area contributed by atoms with Crippen LogP contribution in [0.3, 0.4) is 0 Å². The van der Waals surface area contributed by atoms with Crippen LogP contribution in [0.25, 0.3) is 0 Å². The molecular weight excluding hydrogens is 342 g/mol. The number of urea groups is 1. The van der Waals surface area contributed by atoms with Crippen LogP contribution < -0.4 is 10.2 Å². The zero-order valence-corrected chi connectivity index (χ0v) is 16.0. The lowest BCUT2D eigenvalue weighted by Crippen LogP contribution is -2.54. The lowest BCUT2D eigenvalue weighted by Gasteiger charge is -2.39. The Bertz CT molecular complexity index is 906. The van der Waals surface area contributed by atoms with Gasteiger partial charge in [-0.2, -0.15) is 5.10 Å². The summed E-state index contributed by atoms with van der Waals surface area (Å²) in [6.45, 7) is 5.69. The Labute approximate surface area is 158 Å². The summed E-state index contributed by atoms with van der Waals surface area (Å²) in [4.78, 5) is 29.5. The monoisotopic (exact) mass is 367 g/mol. The van der Waals surface area contributed by atoms with E-state index in [1.165, 1.54) is 0 Å². The van der Waals surface area contributed by atoms with Gasteiger partial charge in [0.15, 0.2) is 0 Å². The van der Waals surface area contributed by atoms with Crippen LogP contribution in [0.5, 0.6) is 0 Å². The van der Waals surface area contributed by atoms with Crippen LogP contribution in [0.1, 0.15) is 31.0 Å². The molecule has 2 aromatic rings. The number of carbonyl (C=O) groups is 2. The van der Waals surface area contributed by atoms with Crippen molar-refractivity contribution in [1.29, 1.82) is 0 Å². The van der Waals surface area contributed by atoms with Crippen molar-refractivity contribution in [3.63, 3.8) is 0 Å². The summed E-state index contributed by atoms with van der Waals surface area (Å²) in [5, 5.41) is 7.34. The zero-order chi connectivity index (χ0) is 19.2. The van der Waals surface area contributed by atoms with Gasteiger partial charge in [-0.15, -0.1) is 0 Å². The van der Waals surface area contributed by atoms with E-state index in [1.807, 2.05) is 51.4 Å². The number of nitrogens with zero attached hydrogens (tertiary/aromatic N) is 4. The number of likely N-dealkylation sites (N-methyl/N-ethyl adjacent to an activating group) is 1. The van der Waals surface area contributed by atoms with Gasteiger partial charge in [0.05, 0.1) is 16.8 Å². The molecule has 0 unspecified atom stereocenters. The van der Waals surface area contributed by atoms with Gasteiger partial charge in [0.1, 0.15) is 0 Å². The highest BCUT2D eigenvalue weighted by Gasteiger charge is 2.52. The van der Waals surface area contributed by atoms with Gasteiger partial charge in [0, 0.05) is 38.6 Å². The van der Waals surface area contributed by atoms with Crippen LogP contribution in [0.4, 0.5) is 16.2 Å². The maximum Gasteiger partial charge on any atom is 0.321 e. The number of carbonyl (C=O) groups excluding carboxylic acids is 2. The van der Waals surface area contributed by atoms with E-state index < -0.39 is 5.41 Å². The van der Waals surface area contributed by atoms with Gasteiger partial charge in [-0.1, -0.05) is 18.2 Å². The van der Waals surface area contributed by atoms with E-state index in [0.29, 0.717) is 13.1 Å². The molecular formula is C20H25N5O2. The molecule has 0 aliphatic carbocycles. The first-order valence-corrected chi connectivity index (χ1v) is 9.44. The summed E-state index contributed by atoms with van der Waals surface area (Å²) in [5.74, 6) is 0.0798. The molecule has 2 aliphatic heterocycles. The van der Waals surface area contributed by atoms with E-state index in [9.17, 15) is 9.59 Å². The number of piperidine rings is 1. The molecule has 0 bridgehead atoms. The van der Waals surface area contributed by atoms with Crippen molar-refractivity contribution in [3.8, 4) is 0 Å². The molecule has 1 N–H and O–H groups in total. The first kappa shape index (κ1) is 17.6. The summed E-state index contributed by atoms with van der Waals surface area (Å²) in [6, 6.07) is 7.74. The number of anilines is 2. The van der Waals surface area contributed by atoms with Crippen molar-refractivity contribution in [2.24, 2.45) is 0 Å². The van der Waals surface area contributed by atoms with E-state index >= 15 is 0 Å². The predicted molar refractivity (Wildman–Crippen MR) is 104 cm³/mol. The van der Waals surface area contributed by atoms with Crippen LogP contribution in [0.2, 0.25) is 0 Å². The summed E-state index contributed by atoms with van der Waals surface area (Å²) >= 11 is 0. The van der Waals surface area contributed by atoms with Crippen molar-refractivity contribution in [3.05, 3.63) is 41.7 Å². The molecule has 27 heavy (non-hydrogen) atoms. The minimum absolute atomic E-state index is 0.0798. The topological polar surface area (TPSA) is 70.5 Å². The van der Waals surface area contributed by atoms with Crippen molar-refractivity contribution < 1.29 is 9.59 Å². The number of benzene rings is 1. The predicted octanol–water partition coefficient (Wildman–Crippen LogP) is 2.75. The Balaban J connectivity index is 1.59. The number of nitrogens with one attached hydrogen (secondary N) is 1. The summed E-state index contributed by atoms with van der Waals surface area (Å²) in [5.41, 5.74) is 2.86. The van der Waals surface area contributed by atoms with Crippen LogP contribution in [-0.4, -0.2) is 46.8 Å². The molecule has 1 spiro atoms. The fraction of sp³-hybridized carbons (Fsp3) is 0.450. The smallest absolute Gasteiger partial charge is 0.321 e. The van der Waals surface area contributed by atoms with Gasteiger partial charge in [-0.25, -0.2) is 4.79 Å². The van der Waals surface area contributed by atoms with Crippen molar-refractivity contribution >= 4 is 23.3 Å². The molecule has 142 valence electrons. The Kier molecular flexibility index (Phi) is 4.17. The summed E-state index contributed by atoms with van der Waals surface area (Å²) in [6.07, 6.45) is 3.41. The minimum atomic E-state index is -0.635. The third-order valence-electron chi connectivity index (χ3n) is 5.79. The zero-order valence-electron chi connectivity index (χ0n) is 16.0. The van der Waals surface area contributed by atoms with E-state index in [-0.39, 0.29) is 11.9 Å². The van der Waals surface area contributed by atoms with Gasteiger partial charge >= 0.3 is 6.03 Å². The number of hydrogen-bond donors (Lipinski definition) is 1. The molecule has 7 heteroatoms. The lowest BCUT2D eigenvalue weighted by molar-refractivity contribution is -0.124. The largest absolute Gasteiger partial charge is 0.323 e. The Morgan fingerprint density at radius 3 is 2.85 bits per heavy atom. The molecule has 0 saturated carbocycles. The van der Waals surface area contributed by atoms with Crippen LogP contribution in [-0.2, 0) is 16.8 Å². The average Bonchev–Trinajstić information content (AvgIpc) is 3.14. The van der Waals surface area contributed by atoms with Gasteiger partial charge in [-0.3, -0.25) is 9.48 Å². The van der Waals surface area contributed by atoms with Crippen molar-refractivity contribution in [2.75, 3.05) is 30.4 Å². The third-order valence-corrected chi connectivity index (χ3v) is 5.79. The van der Waals surface area contributed by atoms with Crippen LogP contribution >= 0.6 is 0 Å². The third kappa shape index (κ3) is 2.69. The van der Waals surface area contributed by atoms with Crippen LogP contribution in [0.15, 0.2) is 30.5 Å². The highest BCUT2D eigenvalue weighted by Crippen LogP contribution is 2.46. The second-order valence-corrected chi connectivity index (χ2v) is 7.40. The van der Waals surface area contributed by atoms with Gasteiger partial charge in [0.25, 0.3) is 0 Å². The average molecular weight is 367 g/mol. The number of aromatic nitrogens is 2. The molecule has 3 heterocycles. The highest BCUT2D eigenvalue weighted by atomic mass is 16.2. The number of likely N-dealkylation sites (tertiary alicyclic amines) is 1. The van der Waals surface area contributed by atoms with Gasteiger partial charge in [-0.05, 0) is 38.3 Å². The molecule has 1 aromatic heterocycles. The molecule has 1 saturated heterocycles. The van der Waals surface area contributed by atoms with Gasteiger partial charge < -0.3 is 15.1 Å². The molecule has 2 aliphatic rings. The number of rotatable bonds is 2. The lowest BCUT2D eigenvalue weighted by atomic mass is 9.75. The SMILES string of the molecule is CCn1cc(NC(=O)N2CCC[C@@]3(C2)C(=O)N(C)c2ccccc23)c(C)n1. The summed E-state index contributed by atoms with van der Waals surface area (Å²) in [7, 11) is 1.82. The molecule has 7 nitrogen and oxygen atoms in total. The molecule has 1 atom stereocenters. The maximum absolute atomic E-state index is 13.1. The molecule has 1 fully saturated rings. The molecule has 4 rings (SSSR count). The molecule has 1 aromatic carbocycles. The van der Waals surface area contributed by atoms with Crippen molar-refractivity contribution in [2.45, 2.75) is 38.6 Å². The molecule has 3 amide bonds. The highest BCUT2D eigenvalue weighted by molar-refractivity contribution is 6.08. The number of para-hydroxylation sites is 1. The Morgan fingerprint density at radius 1 is 1.33 bits per heavy atom. The number of fused-ring (bicyclic) bond motifs is 2. The fourth-order valence-corrected chi connectivity index (χ4v) is 4.34. The van der Waals surface area contributed by atoms with E-state index in [1.54, 1.807) is 14.5 Å². The van der Waals surface area contributed by atoms with Crippen molar-refractivity contribution in [1.82, 2.24) is 14.7 Å². The van der Waals surface area contributed by atoms with Gasteiger partial charge in [0.2, 0.25) is 5.91 Å². The minimum Gasteiger partial charge on any atom is -0.323 e. The first-order valence-electron chi connectivity index (χ1n) is 9.44. The Hall–Kier alpha value is -2.83. The summed E-state index contributed by atoms with van der Waals surface area (Å²) < 4.78 is 1.80. The normalized spacial score (nSPS) is 21.7. The Morgan fingerprint density at radius 2 is 2.11 bits per heavy atom. The number of hydrogen-bond acceptors (Lipinski definition) is 3. The second kappa shape index (κ2) is 6.40. The van der Waals surface area contributed by atoms with E-state index in [0.717, 1.165) is 42.0 Å². The standard InChI is InChI=1S/C20H25N5O2/c1-4-25-12-16(14(2)22-25)21-19(27)24-11-7-10-20(13-24)15-8-5-6-9-17(15)23(3)18(20)26/h5-6,8-9,12H,4,7,10-11,13H2,1-3H3,(H,21,27)/t20-/m0/s1. The van der Waals surface area contributed by atoms with E-state index in [2.05, 4.69) is 10.4 Å². The first-order chi connectivity index (χ1) is 13.0. The van der Waals surface area contributed by atoms with E-state index in [4.69, 9.17) is 0 Å². The number of amides is 3. The second-order valence-electron chi connectivity index (χ2n) is 7.40. The number of aryl methyl sites for hydroxylation is 2. The quantitative estimate of drug-likeness (QED) is 0.887.